The number of halogens is 3. The summed E-state index contributed by atoms with van der Waals surface area (Å²) < 4.78 is 16.1. The zero-order valence-electron chi connectivity index (χ0n) is 12.3. The molecule has 1 aromatic carbocycles. The van der Waals surface area contributed by atoms with E-state index in [4.69, 9.17) is 0 Å². The number of nitrogens with one attached hydrogen (secondary N) is 1. The molecule has 1 unspecified atom stereocenters. The molecule has 1 aliphatic heterocycles. The van der Waals surface area contributed by atoms with Crippen LogP contribution < -0.4 is 5.32 Å². The van der Waals surface area contributed by atoms with E-state index < -0.39 is 0 Å². The number of aryl methyl sites for hydroxylation is 1. The van der Waals surface area contributed by atoms with E-state index >= 15 is 0 Å². The Bertz CT molecular complexity index is 634. The first-order valence-electron chi connectivity index (χ1n) is 7.01. The molecule has 0 amide bonds. The Morgan fingerprint density at radius 1 is 1.45 bits per heavy atom. The van der Waals surface area contributed by atoms with Gasteiger partial charge in [-0.25, -0.2) is 9.37 Å². The highest BCUT2D eigenvalue weighted by Crippen LogP contribution is 2.26. The van der Waals surface area contributed by atoms with Gasteiger partial charge in [0.1, 0.15) is 11.6 Å². The molecule has 4 nitrogen and oxygen atoms in total. The predicted octanol–water partition coefficient (Wildman–Crippen LogP) is 2.89. The lowest BCUT2D eigenvalue weighted by atomic mass is 10.1. The smallest absolute Gasteiger partial charge is 0.127 e. The second-order valence-corrected chi connectivity index (χ2v) is 6.18. The predicted molar refractivity (Wildman–Crippen MR) is 90.6 cm³/mol. The number of imidazole rings is 1. The van der Waals surface area contributed by atoms with E-state index in [-0.39, 0.29) is 24.3 Å². The van der Waals surface area contributed by atoms with Gasteiger partial charge < -0.3 is 9.88 Å². The highest BCUT2D eigenvalue weighted by Gasteiger charge is 2.27. The summed E-state index contributed by atoms with van der Waals surface area (Å²) in [6, 6.07) is 5.11. The van der Waals surface area contributed by atoms with Gasteiger partial charge in [-0.2, -0.15) is 0 Å². The largest absolute Gasteiger partial charge is 0.337 e. The normalized spacial score (nSPS) is 19.0. The lowest BCUT2D eigenvalue weighted by Crippen LogP contribution is -2.46. The van der Waals surface area contributed by atoms with Crippen LogP contribution in [0.2, 0.25) is 0 Å². The van der Waals surface area contributed by atoms with Crippen LogP contribution in [0.1, 0.15) is 17.4 Å². The third-order valence-electron chi connectivity index (χ3n) is 3.90. The van der Waals surface area contributed by atoms with E-state index in [0.717, 1.165) is 42.0 Å². The molecular formula is C15H19BrClFN4. The number of piperazine rings is 1. The molecule has 1 atom stereocenters. The Morgan fingerprint density at radius 3 is 2.95 bits per heavy atom. The van der Waals surface area contributed by atoms with Crippen LogP contribution in [0, 0.1) is 5.82 Å². The second kappa shape index (κ2) is 7.55. The van der Waals surface area contributed by atoms with Crippen LogP contribution >= 0.6 is 28.3 Å². The fourth-order valence-corrected chi connectivity index (χ4v) is 3.23. The van der Waals surface area contributed by atoms with Crippen LogP contribution in [0.15, 0.2) is 35.1 Å². The van der Waals surface area contributed by atoms with Gasteiger partial charge in [0.2, 0.25) is 0 Å². The molecule has 1 N–H and O–H groups in total. The molecule has 1 fully saturated rings. The molecule has 1 aromatic heterocycles. The Balaban J connectivity index is 0.00000176. The molecule has 3 rings (SSSR count). The zero-order valence-corrected chi connectivity index (χ0v) is 14.7. The van der Waals surface area contributed by atoms with E-state index in [0.29, 0.717) is 0 Å². The van der Waals surface area contributed by atoms with Gasteiger partial charge in [-0.3, -0.25) is 4.90 Å². The Morgan fingerprint density at radius 2 is 2.27 bits per heavy atom. The first kappa shape index (κ1) is 17.4. The van der Waals surface area contributed by atoms with Crippen LogP contribution in [0.3, 0.4) is 0 Å². The van der Waals surface area contributed by atoms with E-state index in [1.807, 2.05) is 25.5 Å². The highest BCUT2D eigenvalue weighted by atomic mass is 79.9. The van der Waals surface area contributed by atoms with Gasteiger partial charge in [0.25, 0.3) is 0 Å². The van der Waals surface area contributed by atoms with Crippen molar-refractivity contribution < 1.29 is 4.39 Å². The number of nitrogens with zero attached hydrogens (tertiary/aromatic N) is 3. The van der Waals surface area contributed by atoms with Crippen molar-refractivity contribution in [3.63, 3.8) is 0 Å². The number of hydrogen-bond donors (Lipinski definition) is 1. The quantitative estimate of drug-likeness (QED) is 0.876. The lowest BCUT2D eigenvalue weighted by Gasteiger charge is -2.35. The molecule has 7 heteroatoms. The maximum absolute atomic E-state index is 13.2. The molecule has 120 valence electrons. The average Bonchev–Trinajstić information content (AvgIpc) is 2.89. The fraction of sp³-hybridized carbons (Fsp3) is 0.400. The molecular weight excluding hydrogens is 371 g/mol. The van der Waals surface area contributed by atoms with Crippen molar-refractivity contribution in [3.8, 4) is 0 Å². The van der Waals surface area contributed by atoms with Crippen molar-refractivity contribution in [2.75, 3.05) is 19.6 Å². The Labute approximate surface area is 144 Å². The summed E-state index contributed by atoms with van der Waals surface area (Å²) in [6.45, 7) is 3.56. The first-order chi connectivity index (χ1) is 10.1. The molecule has 0 aliphatic carbocycles. The van der Waals surface area contributed by atoms with Gasteiger partial charge in [0.15, 0.2) is 0 Å². The fourth-order valence-electron chi connectivity index (χ4n) is 2.76. The molecule has 22 heavy (non-hydrogen) atoms. The summed E-state index contributed by atoms with van der Waals surface area (Å²) in [5, 5.41) is 3.42. The van der Waals surface area contributed by atoms with Gasteiger partial charge >= 0.3 is 0 Å². The van der Waals surface area contributed by atoms with Gasteiger partial charge in [0.05, 0.1) is 6.04 Å². The number of aromatic nitrogens is 2. The van der Waals surface area contributed by atoms with Crippen molar-refractivity contribution in [1.82, 2.24) is 19.8 Å². The molecule has 2 heterocycles. The number of hydrogen-bond acceptors (Lipinski definition) is 3. The number of rotatable bonds is 3. The maximum Gasteiger partial charge on any atom is 0.127 e. The van der Waals surface area contributed by atoms with Crippen molar-refractivity contribution in [2.24, 2.45) is 7.05 Å². The van der Waals surface area contributed by atoms with Gasteiger partial charge in [-0.15, -0.1) is 12.4 Å². The van der Waals surface area contributed by atoms with Crippen LogP contribution in [0.4, 0.5) is 4.39 Å². The summed E-state index contributed by atoms with van der Waals surface area (Å²) in [7, 11) is 2.02. The first-order valence-corrected chi connectivity index (χ1v) is 7.80. The minimum absolute atomic E-state index is 0. The topological polar surface area (TPSA) is 33.1 Å². The van der Waals surface area contributed by atoms with Crippen molar-refractivity contribution in [2.45, 2.75) is 12.6 Å². The van der Waals surface area contributed by atoms with Gasteiger partial charge in [-0.05, 0) is 17.7 Å². The summed E-state index contributed by atoms with van der Waals surface area (Å²) in [5.41, 5.74) is 1.09. The molecule has 0 spiro atoms. The summed E-state index contributed by atoms with van der Waals surface area (Å²) in [5.74, 6) is 0.840. The van der Waals surface area contributed by atoms with Crippen LogP contribution in [-0.4, -0.2) is 34.1 Å². The summed E-state index contributed by atoms with van der Waals surface area (Å²) >= 11 is 3.45. The van der Waals surface area contributed by atoms with Crippen molar-refractivity contribution in [3.05, 3.63) is 52.3 Å². The third kappa shape index (κ3) is 3.68. The van der Waals surface area contributed by atoms with E-state index in [9.17, 15) is 4.39 Å². The maximum atomic E-state index is 13.2. The minimum atomic E-state index is -0.216. The SMILES string of the molecule is Cl.Cn1ccnc1C1CNCCN1Cc1ccc(F)cc1Br. The summed E-state index contributed by atoms with van der Waals surface area (Å²) in [4.78, 5) is 6.86. The van der Waals surface area contributed by atoms with Crippen LogP contribution in [-0.2, 0) is 13.6 Å². The molecule has 0 saturated carbocycles. The zero-order chi connectivity index (χ0) is 14.8. The van der Waals surface area contributed by atoms with E-state index in [2.05, 4.69) is 35.7 Å². The van der Waals surface area contributed by atoms with Gasteiger partial charge in [-0.1, -0.05) is 22.0 Å². The third-order valence-corrected chi connectivity index (χ3v) is 4.64. The van der Waals surface area contributed by atoms with Crippen LogP contribution in [0.5, 0.6) is 0 Å². The standard InChI is InChI=1S/C15H18BrFN4.ClH/c1-20-6-5-19-15(20)14-9-18-4-7-21(14)10-11-2-3-12(17)8-13(11)16;/h2-3,5-6,8,14,18H,4,7,9-10H2,1H3;1H. The Kier molecular flexibility index (Phi) is 5.97. The molecule has 1 saturated heterocycles. The molecule has 0 bridgehead atoms. The monoisotopic (exact) mass is 388 g/mol. The van der Waals surface area contributed by atoms with Crippen molar-refractivity contribution in [1.29, 1.82) is 0 Å². The molecule has 0 radical (unpaired) electrons. The van der Waals surface area contributed by atoms with E-state index in [1.165, 1.54) is 12.1 Å². The number of benzene rings is 1. The molecule has 1 aliphatic rings. The Hall–Kier alpha value is -0.950. The van der Waals surface area contributed by atoms with Crippen molar-refractivity contribution >= 4 is 28.3 Å². The van der Waals surface area contributed by atoms with Crippen LogP contribution in [0.25, 0.3) is 0 Å². The lowest BCUT2D eigenvalue weighted by molar-refractivity contribution is 0.144. The minimum Gasteiger partial charge on any atom is -0.337 e. The van der Waals surface area contributed by atoms with E-state index in [1.54, 1.807) is 0 Å². The second-order valence-electron chi connectivity index (χ2n) is 5.32. The average molecular weight is 390 g/mol. The highest BCUT2D eigenvalue weighted by molar-refractivity contribution is 9.10. The summed E-state index contributed by atoms with van der Waals surface area (Å²) in [6.07, 6.45) is 3.80. The van der Waals surface area contributed by atoms with Gasteiger partial charge in [0, 0.05) is 50.1 Å². The molecule has 2 aromatic rings.